The summed E-state index contributed by atoms with van der Waals surface area (Å²) in [6.07, 6.45) is 0.0967. The number of carbonyl (C=O) groups excluding carboxylic acids is 1. The fraction of sp³-hybridized carbons (Fsp3) is 0.526. The first-order valence-electron chi connectivity index (χ1n) is 8.99. The molecule has 0 radical (unpaired) electrons. The van der Waals surface area contributed by atoms with Crippen molar-refractivity contribution in [1.29, 1.82) is 0 Å². The number of nitrogens with zero attached hydrogens (tertiary/aromatic N) is 4. The summed E-state index contributed by atoms with van der Waals surface area (Å²) in [5, 5.41) is 4.48. The first-order valence-corrected chi connectivity index (χ1v) is 9.39. The van der Waals surface area contributed by atoms with Crippen molar-refractivity contribution in [2.24, 2.45) is 7.05 Å². The fourth-order valence-corrected chi connectivity index (χ4v) is 3.09. The molecule has 2 aromatic rings. The van der Waals surface area contributed by atoms with Gasteiger partial charge in [-0.3, -0.25) is 9.69 Å². The third-order valence-electron chi connectivity index (χ3n) is 4.40. The molecule has 0 fully saturated rings. The lowest BCUT2D eigenvalue weighted by molar-refractivity contribution is -0.142. The molecule has 0 saturated heterocycles. The molecule has 1 aromatic heterocycles. The number of aromatic nitrogens is 3. The monoisotopic (exact) mass is 408 g/mol. The number of esters is 1. The van der Waals surface area contributed by atoms with E-state index in [9.17, 15) is 4.79 Å². The van der Waals surface area contributed by atoms with Crippen molar-refractivity contribution in [1.82, 2.24) is 19.2 Å². The molecule has 0 amide bonds. The smallest absolute Gasteiger partial charge is 0.313 e. The normalized spacial score (nSPS) is 11.0. The van der Waals surface area contributed by atoms with Gasteiger partial charge in [-0.1, -0.05) is 0 Å². The molecular formula is C19H28N4O4S. The number of carbonyl (C=O) groups is 1. The second-order valence-electron chi connectivity index (χ2n) is 6.53. The van der Waals surface area contributed by atoms with E-state index in [0.717, 1.165) is 11.1 Å². The lowest BCUT2D eigenvalue weighted by Gasteiger charge is -2.19. The zero-order valence-corrected chi connectivity index (χ0v) is 18.1. The lowest BCUT2D eigenvalue weighted by atomic mass is 10.1. The molecule has 28 heavy (non-hydrogen) atoms. The second-order valence-corrected chi connectivity index (χ2v) is 6.89. The van der Waals surface area contributed by atoms with Gasteiger partial charge in [0.1, 0.15) is 12.2 Å². The zero-order chi connectivity index (χ0) is 20.8. The Morgan fingerprint density at radius 1 is 1.25 bits per heavy atom. The van der Waals surface area contributed by atoms with E-state index in [2.05, 4.69) is 10.00 Å². The number of aryl methyl sites for hydroxylation is 1. The number of benzene rings is 1. The van der Waals surface area contributed by atoms with Crippen LogP contribution in [0.25, 0.3) is 0 Å². The largest absolute Gasteiger partial charge is 0.493 e. The van der Waals surface area contributed by atoms with Crippen LogP contribution in [0.2, 0.25) is 0 Å². The van der Waals surface area contributed by atoms with Crippen LogP contribution in [0.3, 0.4) is 0 Å². The molecule has 2 rings (SSSR count). The highest BCUT2D eigenvalue weighted by molar-refractivity contribution is 7.71. The Hall–Kier alpha value is -2.39. The number of rotatable bonds is 9. The summed E-state index contributed by atoms with van der Waals surface area (Å²) in [6.45, 7) is 5.33. The number of methoxy groups -OCH3 is 2. The summed E-state index contributed by atoms with van der Waals surface area (Å²) in [5.74, 6) is 1.68. The van der Waals surface area contributed by atoms with Crippen LogP contribution >= 0.6 is 12.2 Å². The lowest BCUT2D eigenvalue weighted by Crippen LogP contribution is -2.23. The van der Waals surface area contributed by atoms with Crippen LogP contribution in [0.15, 0.2) is 12.1 Å². The van der Waals surface area contributed by atoms with Gasteiger partial charge in [0, 0.05) is 13.6 Å². The summed E-state index contributed by atoms with van der Waals surface area (Å²) < 4.78 is 19.7. The van der Waals surface area contributed by atoms with Crippen molar-refractivity contribution in [3.63, 3.8) is 0 Å². The van der Waals surface area contributed by atoms with Crippen LogP contribution in [0, 0.1) is 11.7 Å². The number of hydrogen-bond acceptors (Lipinski definition) is 7. The SMILES string of the molecule is CCOC(=O)Cc1nn(CN(C)Cc2cc(OC)c(OC)cc2C)c(=S)n1C. The van der Waals surface area contributed by atoms with Gasteiger partial charge in [0.2, 0.25) is 0 Å². The van der Waals surface area contributed by atoms with Gasteiger partial charge in [-0.05, 0) is 56.4 Å². The van der Waals surface area contributed by atoms with Gasteiger partial charge >= 0.3 is 5.97 Å². The maximum absolute atomic E-state index is 11.7. The third-order valence-corrected chi connectivity index (χ3v) is 4.88. The Kier molecular flexibility index (Phi) is 7.59. The molecule has 0 N–H and O–H groups in total. The van der Waals surface area contributed by atoms with Crippen molar-refractivity contribution >= 4 is 18.2 Å². The zero-order valence-electron chi connectivity index (χ0n) is 17.3. The van der Waals surface area contributed by atoms with Crippen molar-refractivity contribution in [2.75, 3.05) is 27.9 Å². The second kappa shape index (κ2) is 9.70. The Balaban J connectivity index is 2.14. The van der Waals surface area contributed by atoms with Crippen LogP contribution < -0.4 is 9.47 Å². The molecule has 9 heteroatoms. The van der Waals surface area contributed by atoms with Crippen LogP contribution in [0.5, 0.6) is 11.5 Å². The molecule has 0 aliphatic heterocycles. The van der Waals surface area contributed by atoms with Crippen LogP contribution in [0.4, 0.5) is 0 Å². The Morgan fingerprint density at radius 2 is 1.89 bits per heavy atom. The first kappa shape index (κ1) is 21.9. The Labute approximate surface area is 170 Å². The van der Waals surface area contributed by atoms with Gasteiger partial charge in [0.15, 0.2) is 16.3 Å². The minimum Gasteiger partial charge on any atom is -0.493 e. The molecule has 0 bridgehead atoms. The summed E-state index contributed by atoms with van der Waals surface area (Å²) in [6, 6.07) is 3.94. The molecular weight excluding hydrogens is 380 g/mol. The molecule has 0 aliphatic rings. The third kappa shape index (κ3) is 5.11. The topological polar surface area (TPSA) is 70.8 Å². The molecule has 0 saturated carbocycles. The van der Waals surface area contributed by atoms with E-state index in [-0.39, 0.29) is 12.4 Å². The van der Waals surface area contributed by atoms with Crippen molar-refractivity contribution in [2.45, 2.75) is 33.5 Å². The highest BCUT2D eigenvalue weighted by atomic mass is 32.1. The van der Waals surface area contributed by atoms with E-state index in [1.807, 2.05) is 26.1 Å². The maximum atomic E-state index is 11.7. The van der Waals surface area contributed by atoms with Gasteiger partial charge in [-0.15, -0.1) is 0 Å². The van der Waals surface area contributed by atoms with E-state index >= 15 is 0 Å². The van der Waals surface area contributed by atoms with Gasteiger partial charge in [-0.25, -0.2) is 4.68 Å². The summed E-state index contributed by atoms with van der Waals surface area (Å²) >= 11 is 5.46. The molecule has 8 nitrogen and oxygen atoms in total. The molecule has 0 aliphatic carbocycles. The van der Waals surface area contributed by atoms with Crippen LogP contribution in [-0.2, 0) is 36.2 Å². The van der Waals surface area contributed by atoms with E-state index in [4.69, 9.17) is 26.4 Å². The highest BCUT2D eigenvalue weighted by Gasteiger charge is 2.15. The van der Waals surface area contributed by atoms with Gasteiger partial charge < -0.3 is 18.8 Å². The van der Waals surface area contributed by atoms with E-state index in [1.54, 1.807) is 37.4 Å². The molecule has 0 atom stereocenters. The standard InChI is InChI=1S/C19H28N4O4S/c1-7-27-18(24)10-17-20-23(19(28)22(17)4)12-21(3)11-14-9-16(26-6)15(25-5)8-13(14)2/h8-9H,7,10-12H2,1-6H3. The molecule has 154 valence electrons. The average Bonchev–Trinajstić information content (AvgIpc) is 2.90. The number of hydrogen-bond donors (Lipinski definition) is 0. The Bertz CT molecular complexity index is 891. The maximum Gasteiger partial charge on any atom is 0.313 e. The van der Waals surface area contributed by atoms with Crippen LogP contribution in [-0.4, -0.2) is 53.1 Å². The number of ether oxygens (including phenoxy) is 3. The minimum atomic E-state index is -0.313. The summed E-state index contributed by atoms with van der Waals surface area (Å²) in [4.78, 5) is 13.8. The van der Waals surface area contributed by atoms with Crippen molar-refractivity contribution in [3.05, 3.63) is 33.9 Å². The van der Waals surface area contributed by atoms with Gasteiger partial charge in [0.25, 0.3) is 0 Å². The van der Waals surface area contributed by atoms with E-state index in [1.165, 1.54) is 0 Å². The predicted octanol–water partition coefficient (Wildman–Crippen LogP) is 2.47. The predicted molar refractivity (Wildman–Crippen MR) is 108 cm³/mol. The fourth-order valence-electron chi connectivity index (χ4n) is 2.88. The molecule has 1 heterocycles. The van der Waals surface area contributed by atoms with Crippen LogP contribution in [0.1, 0.15) is 23.9 Å². The molecule has 0 spiro atoms. The highest BCUT2D eigenvalue weighted by Crippen LogP contribution is 2.30. The summed E-state index contributed by atoms with van der Waals surface area (Å²) in [7, 11) is 7.04. The van der Waals surface area contributed by atoms with Crippen molar-refractivity contribution in [3.8, 4) is 11.5 Å². The summed E-state index contributed by atoms with van der Waals surface area (Å²) in [5.41, 5.74) is 2.23. The first-order chi connectivity index (χ1) is 13.3. The van der Waals surface area contributed by atoms with Gasteiger partial charge in [-0.2, -0.15) is 5.10 Å². The minimum absolute atomic E-state index is 0.0967. The van der Waals surface area contributed by atoms with E-state index in [0.29, 0.717) is 41.9 Å². The quantitative estimate of drug-likeness (QED) is 0.466. The average molecular weight is 409 g/mol. The molecule has 1 aromatic carbocycles. The molecule has 0 unspecified atom stereocenters. The Morgan fingerprint density at radius 3 is 2.50 bits per heavy atom. The van der Waals surface area contributed by atoms with Crippen molar-refractivity contribution < 1.29 is 19.0 Å². The van der Waals surface area contributed by atoms with E-state index < -0.39 is 0 Å². The van der Waals surface area contributed by atoms with Gasteiger partial charge in [0.05, 0.1) is 27.5 Å².